The minimum atomic E-state index is -0.144. The summed E-state index contributed by atoms with van der Waals surface area (Å²) < 4.78 is 5.07. The van der Waals surface area contributed by atoms with Crippen LogP contribution in [-0.2, 0) is 16.1 Å². The fourth-order valence-electron chi connectivity index (χ4n) is 1.56. The van der Waals surface area contributed by atoms with E-state index in [4.69, 9.17) is 9.84 Å². The van der Waals surface area contributed by atoms with Gasteiger partial charge in [-0.15, -0.1) is 11.8 Å². The molecule has 0 aliphatic rings. The predicted molar refractivity (Wildman–Crippen MR) is 73.6 cm³/mol. The largest absolute Gasteiger partial charge is 0.465 e. The van der Waals surface area contributed by atoms with Crippen LogP contribution in [0.2, 0.25) is 0 Å². The third-order valence-electron chi connectivity index (χ3n) is 2.48. The molecule has 0 radical (unpaired) electrons. The molecule has 1 N–H and O–H groups in total. The summed E-state index contributed by atoms with van der Waals surface area (Å²) in [5.74, 6) is -0.143. The van der Waals surface area contributed by atoms with Crippen LogP contribution in [-0.4, -0.2) is 22.9 Å². The Morgan fingerprint density at radius 2 is 2.00 bits per heavy atom. The summed E-state index contributed by atoms with van der Waals surface area (Å²) >= 11 is 1.52. The lowest BCUT2D eigenvalue weighted by Gasteiger charge is -2.14. The van der Waals surface area contributed by atoms with Gasteiger partial charge in [0.15, 0.2) is 0 Å². The standard InChI is InChI=1S/C14H20O3S/c1-3-5-13(14(16)17-4-2)18-12-8-6-11(10-15)7-9-12/h6-9,13,15H,3-5,10H2,1-2H3. The number of carbonyl (C=O) groups excluding carboxylic acids is 1. The van der Waals surface area contributed by atoms with Crippen LogP contribution in [0.4, 0.5) is 0 Å². The van der Waals surface area contributed by atoms with E-state index in [9.17, 15) is 4.79 Å². The van der Waals surface area contributed by atoms with Crippen LogP contribution in [0.25, 0.3) is 0 Å². The Morgan fingerprint density at radius 1 is 1.33 bits per heavy atom. The third-order valence-corrected chi connectivity index (χ3v) is 3.74. The van der Waals surface area contributed by atoms with Crippen LogP contribution in [0.1, 0.15) is 32.3 Å². The fourth-order valence-corrected chi connectivity index (χ4v) is 2.70. The molecule has 3 nitrogen and oxygen atoms in total. The summed E-state index contributed by atoms with van der Waals surface area (Å²) in [6.45, 7) is 4.34. The van der Waals surface area contributed by atoms with Crippen LogP contribution in [0.15, 0.2) is 29.2 Å². The number of carbonyl (C=O) groups is 1. The maximum absolute atomic E-state index is 11.8. The monoisotopic (exact) mass is 268 g/mol. The quantitative estimate of drug-likeness (QED) is 0.610. The number of benzene rings is 1. The van der Waals surface area contributed by atoms with Crippen molar-refractivity contribution in [2.45, 2.75) is 43.4 Å². The van der Waals surface area contributed by atoms with Crippen molar-refractivity contribution in [3.05, 3.63) is 29.8 Å². The molecule has 1 aromatic rings. The van der Waals surface area contributed by atoms with Crippen molar-refractivity contribution in [2.24, 2.45) is 0 Å². The molecule has 0 amide bonds. The van der Waals surface area contributed by atoms with Gasteiger partial charge in [0.2, 0.25) is 0 Å². The fraction of sp³-hybridized carbons (Fsp3) is 0.500. The van der Waals surface area contributed by atoms with Gasteiger partial charge in [-0.2, -0.15) is 0 Å². The maximum atomic E-state index is 11.8. The molecule has 0 aliphatic carbocycles. The van der Waals surface area contributed by atoms with E-state index in [0.717, 1.165) is 23.3 Å². The third kappa shape index (κ3) is 4.70. The summed E-state index contributed by atoms with van der Waals surface area (Å²) in [7, 11) is 0. The molecule has 100 valence electrons. The molecule has 18 heavy (non-hydrogen) atoms. The predicted octanol–water partition coefficient (Wildman–Crippen LogP) is 3.00. The summed E-state index contributed by atoms with van der Waals surface area (Å²) in [4.78, 5) is 12.8. The molecular weight excluding hydrogens is 248 g/mol. The number of rotatable bonds is 7. The number of thioether (sulfide) groups is 1. The first-order valence-electron chi connectivity index (χ1n) is 6.24. The molecule has 4 heteroatoms. The van der Waals surface area contributed by atoms with Gasteiger partial charge in [0.1, 0.15) is 5.25 Å². The molecule has 0 fully saturated rings. The van der Waals surface area contributed by atoms with E-state index >= 15 is 0 Å². The Bertz CT molecular complexity index is 362. The topological polar surface area (TPSA) is 46.5 Å². The van der Waals surface area contributed by atoms with Gasteiger partial charge >= 0.3 is 5.97 Å². The van der Waals surface area contributed by atoms with Crippen LogP contribution in [0.3, 0.4) is 0 Å². The normalized spacial score (nSPS) is 12.2. The lowest BCUT2D eigenvalue weighted by Crippen LogP contribution is -2.20. The molecule has 0 saturated heterocycles. The van der Waals surface area contributed by atoms with Gasteiger partial charge in [-0.25, -0.2) is 0 Å². The molecule has 0 heterocycles. The Morgan fingerprint density at radius 3 is 2.50 bits per heavy atom. The highest BCUT2D eigenvalue weighted by molar-refractivity contribution is 8.00. The van der Waals surface area contributed by atoms with Crippen molar-refractivity contribution in [3.63, 3.8) is 0 Å². The molecule has 0 saturated carbocycles. The van der Waals surface area contributed by atoms with Crippen molar-refractivity contribution < 1.29 is 14.6 Å². The van der Waals surface area contributed by atoms with E-state index in [2.05, 4.69) is 6.92 Å². The van der Waals surface area contributed by atoms with E-state index in [1.807, 2.05) is 31.2 Å². The van der Waals surface area contributed by atoms with Crippen molar-refractivity contribution in [2.75, 3.05) is 6.61 Å². The SMILES string of the molecule is CCCC(Sc1ccc(CO)cc1)C(=O)OCC. The highest BCUT2D eigenvalue weighted by Gasteiger charge is 2.19. The lowest BCUT2D eigenvalue weighted by atomic mass is 10.2. The maximum Gasteiger partial charge on any atom is 0.319 e. The first-order chi connectivity index (χ1) is 8.71. The molecule has 0 aromatic heterocycles. The molecule has 0 spiro atoms. The summed E-state index contributed by atoms with van der Waals surface area (Å²) in [5, 5.41) is 8.83. The van der Waals surface area contributed by atoms with Gasteiger partial charge in [-0.05, 0) is 31.0 Å². The van der Waals surface area contributed by atoms with Gasteiger partial charge < -0.3 is 9.84 Å². The number of esters is 1. The summed E-state index contributed by atoms with van der Waals surface area (Å²) in [5.41, 5.74) is 0.877. The zero-order valence-electron chi connectivity index (χ0n) is 10.9. The van der Waals surface area contributed by atoms with E-state index < -0.39 is 0 Å². The van der Waals surface area contributed by atoms with Gasteiger partial charge in [-0.3, -0.25) is 4.79 Å². The van der Waals surface area contributed by atoms with E-state index in [0.29, 0.717) is 6.61 Å². The first-order valence-corrected chi connectivity index (χ1v) is 7.12. The number of aliphatic hydroxyl groups excluding tert-OH is 1. The number of hydrogen-bond acceptors (Lipinski definition) is 4. The van der Waals surface area contributed by atoms with Gasteiger partial charge in [0.25, 0.3) is 0 Å². The number of aliphatic hydroxyl groups is 1. The van der Waals surface area contributed by atoms with Crippen molar-refractivity contribution in [1.82, 2.24) is 0 Å². The Hall–Kier alpha value is -1.00. The van der Waals surface area contributed by atoms with Crippen LogP contribution < -0.4 is 0 Å². The van der Waals surface area contributed by atoms with Crippen molar-refractivity contribution in [1.29, 1.82) is 0 Å². The Labute approximate surface area is 113 Å². The minimum Gasteiger partial charge on any atom is -0.465 e. The summed E-state index contributed by atoms with van der Waals surface area (Å²) in [6.07, 6.45) is 1.76. The molecule has 1 atom stereocenters. The van der Waals surface area contributed by atoms with Crippen LogP contribution in [0.5, 0.6) is 0 Å². The van der Waals surface area contributed by atoms with Crippen molar-refractivity contribution >= 4 is 17.7 Å². The number of ether oxygens (including phenoxy) is 1. The molecule has 0 aliphatic heterocycles. The second-order valence-corrected chi connectivity index (χ2v) is 5.23. The Balaban J connectivity index is 2.66. The van der Waals surface area contributed by atoms with E-state index in [1.54, 1.807) is 0 Å². The molecule has 1 rings (SSSR count). The van der Waals surface area contributed by atoms with Gasteiger partial charge in [0.05, 0.1) is 13.2 Å². The highest BCUT2D eigenvalue weighted by Crippen LogP contribution is 2.27. The van der Waals surface area contributed by atoms with E-state index in [1.165, 1.54) is 11.8 Å². The molecule has 1 unspecified atom stereocenters. The smallest absolute Gasteiger partial charge is 0.319 e. The molecular formula is C14H20O3S. The first kappa shape index (κ1) is 15.1. The average molecular weight is 268 g/mol. The summed E-state index contributed by atoms with van der Waals surface area (Å²) in [6, 6.07) is 7.60. The lowest BCUT2D eigenvalue weighted by molar-refractivity contribution is -0.142. The zero-order valence-corrected chi connectivity index (χ0v) is 11.7. The zero-order chi connectivity index (χ0) is 13.4. The van der Waals surface area contributed by atoms with Gasteiger partial charge in [0, 0.05) is 4.90 Å². The number of hydrogen-bond donors (Lipinski definition) is 1. The second-order valence-electron chi connectivity index (χ2n) is 3.95. The van der Waals surface area contributed by atoms with Crippen LogP contribution in [0, 0.1) is 0 Å². The average Bonchev–Trinajstić information content (AvgIpc) is 2.39. The highest BCUT2D eigenvalue weighted by atomic mass is 32.2. The molecule has 0 bridgehead atoms. The minimum absolute atomic E-state index is 0.0429. The molecule has 1 aromatic carbocycles. The van der Waals surface area contributed by atoms with E-state index in [-0.39, 0.29) is 17.8 Å². The van der Waals surface area contributed by atoms with Crippen LogP contribution >= 0.6 is 11.8 Å². The van der Waals surface area contributed by atoms with Crippen molar-refractivity contribution in [3.8, 4) is 0 Å². The Kier molecular flexibility index (Phi) is 6.83. The van der Waals surface area contributed by atoms with Gasteiger partial charge in [-0.1, -0.05) is 25.5 Å². The second kappa shape index (κ2) is 8.16.